The minimum absolute atomic E-state index is 0.155. The highest BCUT2D eigenvalue weighted by atomic mass is 16.8. The van der Waals surface area contributed by atoms with Gasteiger partial charge in [0.1, 0.15) is 85.5 Å². The molecule has 0 aromatic rings. The average Bonchev–Trinajstić information content (AvgIpc) is 0.755. The van der Waals surface area contributed by atoms with Crippen LogP contribution in [-0.4, -0.2) is 290 Å². The SMILES string of the molecule is CCCCCCCCCCCCC/C=C/[C@@H](O)[C@H](CO[C@@H]1OC(CO)[C@@H](O[C@@H]2OC(CO)[C@H](O)[C@H](O[C@]3(C(=O)O)CC(O)[C@@H](NC(C)=O)C([C@H](O)[C@@H](CO)O[C@]4(C(=O)O)CC(O)[C@@H](NC(C)=O)C([C@H](O)[C@H](O)CO)O4)O3)C2O)[C@H](O)C1O)NC(=O)CCCCCCCCCCCCCCCCCCC. The number of carbonyl (C=O) groups is 5. The van der Waals surface area contributed by atoms with Gasteiger partial charge in [-0.1, -0.05) is 193 Å². The second-order valence-electron chi connectivity index (χ2n) is 28.6. The molecule has 32 heteroatoms. The van der Waals surface area contributed by atoms with Crippen LogP contribution >= 0.6 is 0 Å². The first-order valence-corrected chi connectivity index (χ1v) is 38.2. The van der Waals surface area contributed by atoms with E-state index in [0.29, 0.717) is 12.8 Å². The van der Waals surface area contributed by atoms with E-state index in [9.17, 15) is 106 Å². The Hall–Kier alpha value is -3.79. The van der Waals surface area contributed by atoms with Crippen LogP contribution < -0.4 is 16.0 Å². The third kappa shape index (κ3) is 29.6. The molecule has 4 aliphatic rings. The fourth-order valence-electron chi connectivity index (χ4n) is 13.9. The number of ether oxygens (including phenoxy) is 8. The van der Waals surface area contributed by atoms with E-state index in [1.807, 2.05) is 6.08 Å². The van der Waals surface area contributed by atoms with Crippen LogP contribution in [0.15, 0.2) is 12.2 Å². The number of nitrogens with one attached hydrogen (secondary N) is 3. The van der Waals surface area contributed by atoms with Gasteiger partial charge in [0.05, 0.1) is 69.5 Å². The Morgan fingerprint density at radius 1 is 0.519 bits per heavy atom. The number of rotatable bonds is 54. The zero-order chi connectivity index (χ0) is 76.9. The standard InChI is InChI=1S/C72H129N3O29/c1-5-7-9-11-13-15-17-19-20-21-22-24-26-28-30-32-34-36-54(86)75-46(47(82)35-33-31-29-27-25-23-18-16-14-12-10-8-6-2)43-97-67-61(91)60(90)63(53(42-79)99-67)100-68-62(92)66(58(88)51(40-77)98-68)104-72(70(95)96)38-49(84)56(74-45(4)81)65(103-72)59(89)52(41-78)101-71(69(93)94)37-48(83)55(73-44(3)80)64(102-71)57(87)50(85)39-76/h33,35,46-53,55-68,76-79,82-85,87-92H,5-32,34,36-43H2,1-4H3,(H,73,80)(H,74,81)(H,75,86)(H,93,94)(H,95,96)/b35-33+/t46-,47+,48?,49?,50+,51?,52+,53?,55+,56+,57+,58-,59+,60+,61?,62?,63+,64?,65?,66-,67+,68-,71+,72-/m0/s1. The van der Waals surface area contributed by atoms with Crippen molar-refractivity contribution in [2.24, 2.45) is 0 Å². The lowest BCUT2D eigenvalue weighted by molar-refractivity contribution is -0.388. The van der Waals surface area contributed by atoms with Gasteiger partial charge in [0.25, 0.3) is 11.6 Å². The van der Waals surface area contributed by atoms with E-state index in [2.05, 4.69) is 29.8 Å². The van der Waals surface area contributed by atoms with E-state index in [-0.39, 0.29) is 12.3 Å². The summed E-state index contributed by atoms with van der Waals surface area (Å²) < 4.78 is 46.5. The molecule has 0 aromatic heterocycles. The first-order chi connectivity index (χ1) is 49.7. The van der Waals surface area contributed by atoms with Crippen molar-refractivity contribution in [3.63, 3.8) is 0 Å². The van der Waals surface area contributed by atoms with Crippen molar-refractivity contribution in [3.8, 4) is 0 Å². The maximum atomic E-state index is 13.6. The van der Waals surface area contributed by atoms with Crippen LogP contribution in [-0.2, 0) is 61.9 Å². The number of aliphatic carboxylic acids is 2. The van der Waals surface area contributed by atoms with Crippen molar-refractivity contribution in [2.45, 2.75) is 379 Å². The first kappa shape index (κ1) is 92.6. The number of aliphatic hydroxyl groups excluding tert-OH is 14. The summed E-state index contributed by atoms with van der Waals surface area (Å²) in [5.41, 5.74) is 0. The maximum absolute atomic E-state index is 13.6. The molecular formula is C72H129N3O29. The molecule has 606 valence electrons. The topological polar surface area (TPSA) is 519 Å². The van der Waals surface area contributed by atoms with Gasteiger partial charge >= 0.3 is 11.9 Å². The zero-order valence-electron chi connectivity index (χ0n) is 61.5. The van der Waals surface area contributed by atoms with Crippen LogP contribution in [0.5, 0.6) is 0 Å². The molecule has 4 aliphatic heterocycles. The van der Waals surface area contributed by atoms with Gasteiger partial charge in [0, 0.05) is 33.1 Å². The molecule has 0 aliphatic carbocycles. The number of carboxylic acid groups (broad SMARTS) is 2. The molecule has 19 N–H and O–H groups in total. The zero-order valence-corrected chi connectivity index (χ0v) is 61.5. The number of hydrogen-bond donors (Lipinski definition) is 19. The lowest BCUT2D eigenvalue weighted by Gasteiger charge is -2.51. The minimum atomic E-state index is -3.39. The third-order valence-electron chi connectivity index (χ3n) is 20.0. The molecule has 3 amide bonds. The fraction of sp³-hybridized carbons (Fsp3) is 0.903. The van der Waals surface area contributed by atoms with Gasteiger partial charge in [0.2, 0.25) is 17.7 Å². The predicted molar refractivity (Wildman–Crippen MR) is 372 cm³/mol. The van der Waals surface area contributed by atoms with E-state index < -0.39 is 216 Å². The van der Waals surface area contributed by atoms with Crippen molar-refractivity contribution in [1.82, 2.24) is 16.0 Å². The summed E-state index contributed by atoms with van der Waals surface area (Å²) in [6, 6.07) is -4.73. The van der Waals surface area contributed by atoms with Crippen LogP contribution in [0.1, 0.15) is 233 Å². The van der Waals surface area contributed by atoms with E-state index in [1.165, 1.54) is 122 Å². The number of amides is 3. The summed E-state index contributed by atoms with van der Waals surface area (Å²) in [7, 11) is 0. The number of carbonyl (C=O) groups excluding carboxylic acids is 3. The highest BCUT2D eigenvalue weighted by Crippen LogP contribution is 2.41. The summed E-state index contributed by atoms with van der Waals surface area (Å²) >= 11 is 0. The molecule has 4 heterocycles. The summed E-state index contributed by atoms with van der Waals surface area (Å²) in [5, 5.41) is 185. The lowest BCUT2D eigenvalue weighted by atomic mass is 9.87. The molecular weight excluding hydrogens is 1370 g/mol. The fourth-order valence-corrected chi connectivity index (χ4v) is 13.9. The van der Waals surface area contributed by atoms with Crippen molar-refractivity contribution in [2.75, 3.05) is 33.0 Å². The first-order valence-electron chi connectivity index (χ1n) is 38.2. The molecule has 24 atom stereocenters. The van der Waals surface area contributed by atoms with E-state index in [4.69, 9.17) is 37.9 Å². The van der Waals surface area contributed by atoms with E-state index in [0.717, 1.165) is 65.2 Å². The lowest BCUT2D eigenvalue weighted by Crippen LogP contribution is -2.72. The third-order valence-corrected chi connectivity index (χ3v) is 20.0. The Bertz CT molecular complexity index is 2440. The van der Waals surface area contributed by atoms with Crippen LogP contribution in [0.25, 0.3) is 0 Å². The van der Waals surface area contributed by atoms with Crippen LogP contribution in [0.3, 0.4) is 0 Å². The molecule has 104 heavy (non-hydrogen) atoms. The van der Waals surface area contributed by atoms with Gasteiger partial charge in [-0.05, 0) is 19.3 Å². The van der Waals surface area contributed by atoms with Gasteiger partial charge in [-0.25, -0.2) is 9.59 Å². The smallest absolute Gasteiger partial charge is 0.364 e. The molecule has 0 bridgehead atoms. The summed E-state index contributed by atoms with van der Waals surface area (Å²) in [5.74, 6) is -13.1. The molecule has 8 unspecified atom stereocenters. The second-order valence-corrected chi connectivity index (χ2v) is 28.6. The highest BCUT2D eigenvalue weighted by Gasteiger charge is 2.62. The van der Waals surface area contributed by atoms with Gasteiger partial charge in [-0.15, -0.1) is 0 Å². The second kappa shape index (κ2) is 49.4. The van der Waals surface area contributed by atoms with Crippen LogP contribution in [0.4, 0.5) is 0 Å². The Labute approximate surface area is 611 Å². The largest absolute Gasteiger partial charge is 0.477 e. The monoisotopic (exact) mass is 1500 g/mol. The normalized spacial score (nSPS) is 31.4. The molecule has 0 aromatic carbocycles. The van der Waals surface area contributed by atoms with Gasteiger partial charge < -0.3 is 136 Å². The number of carboxylic acids is 2. The molecule has 0 saturated carbocycles. The predicted octanol–water partition coefficient (Wildman–Crippen LogP) is 1.12. The van der Waals surface area contributed by atoms with Crippen molar-refractivity contribution < 1.29 is 144 Å². The van der Waals surface area contributed by atoms with Crippen molar-refractivity contribution in [1.29, 1.82) is 0 Å². The minimum Gasteiger partial charge on any atom is -0.477 e. The Balaban J connectivity index is 1.48. The van der Waals surface area contributed by atoms with Gasteiger partial charge in [-0.3, -0.25) is 14.4 Å². The Morgan fingerprint density at radius 2 is 0.962 bits per heavy atom. The summed E-state index contributed by atoms with van der Waals surface area (Å²) in [4.78, 5) is 65.0. The van der Waals surface area contributed by atoms with Gasteiger partial charge in [-0.2, -0.15) is 0 Å². The number of allylic oxidation sites excluding steroid dienone is 1. The number of hydrogen-bond acceptors (Lipinski definition) is 27. The number of unbranched alkanes of at least 4 members (excludes halogenated alkanes) is 27. The van der Waals surface area contributed by atoms with E-state index in [1.54, 1.807) is 6.08 Å². The van der Waals surface area contributed by atoms with Crippen molar-refractivity contribution in [3.05, 3.63) is 12.2 Å². The summed E-state index contributed by atoms with van der Waals surface area (Å²) in [6.45, 7) is 1.12. The van der Waals surface area contributed by atoms with E-state index >= 15 is 0 Å². The Morgan fingerprint density at radius 3 is 1.41 bits per heavy atom. The Kier molecular flexibility index (Phi) is 44.0. The number of aliphatic hydroxyl groups is 14. The van der Waals surface area contributed by atoms with Crippen molar-refractivity contribution >= 4 is 29.7 Å². The van der Waals surface area contributed by atoms with Crippen LogP contribution in [0, 0.1) is 0 Å². The molecule has 0 radical (unpaired) electrons. The maximum Gasteiger partial charge on any atom is 0.364 e. The average molecular weight is 1500 g/mol. The molecule has 32 nitrogen and oxygen atoms in total. The van der Waals surface area contributed by atoms with Gasteiger partial charge in [0.15, 0.2) is 12.6 Å². The van der Waals surface area contributed by atoms with Crippen LogP contribution in [0.2, 0.25) is 0 Å². The molecule has 0 spiro atoms. The highest BCUT2D eigenvalue weighted by molar-refractivity contribution is 5.78. The molecule has 4 saturated heterocycles. The molecule has 4 fully saturated rings. The summed E-state index contributed by atoms with van der Waals surface area (Å²) in [6.07, 6.45) is -5.62. The molecule has 4 rings (SSSR count). The quantitative estimate of drug-likeness (QED) is 0.0300.